The summed E-state index contributed by atoms with van der Waals surface area (Å²) in [5.74, 6) is -0.934. The summed E-state index contributed by atoms with van der Waals surface area (Å²) in [5, 5.41) is 9.48. The van der Waals surface area contributed by atoms with E-state index in [1.54, 1.807) is 20.0 Å². The van der Waals surface area contributed by atoms with Gasteiger partial charge >= 0.3 is 0 Å². The lowest BCUT2D eigenvalue weighted by atomic mass is 9.81. The number of carbonyl (C=O) groups excluding carboxylic acids is 1. The van der Waals surface area contributed by atoms with Gasteiger partial charge < -0.3 is 4.90 Å². The standard InChI is InChI=1S/C16H19FN2O/c1-12-6-7-13(14(17)10-12)15(20)19(2)16(11-18)8-4-3-5-9-16/h6-7,10H,3-5,8-9H2,1-2H3. The number of amides is 1. The third kappa shape index (κ3) is 2.53. The molecule has 0 heterocycles. The van der Waals surface area contributed by atoms with Crippen molar-refractivity contribution in [1.29, 1.82) is 5.26 Å². The van der Waals surface area contributed by atoms with Gasteiger partial charge in [0.2, 0.25) is 0 Å². The summed E-state index contributed by atoms with van der Waals surface area (Å²) in [5.41, 5.74) is 0.0276. The molecular weight excluding hydrogens is 255 g/mol. The topological polar surface area (TPSA) is 44.1 Å². The summed E-state index contributed by atoms with van der Waals surface area (Å²) in [4.78, 5) is 13.9. The Kier molecular flexibility index (Phi) is 4.08. The van der Waals surface area contributed by atoms with E-state index < -0.39 is 17.3 Å². The second-order valence-corrected chi connectivity index (χ2v) is 5.55. The molecule has 0 unspecified atom stereocenters. The van der Waals surface area contributed by atoms with Gasteiger partial charge in [0, 0.05) is 7.05 Å². The minimum absolute atomic E-state index is 0.0401. The lowest BCUT2D eigenvalue weighted by Crippen LogP contribution is -2.50. The zero-order valence-electron chi connectivity index (χ0n) is 11.9. The molecule has 0 radical (unpaired) electrons. The fraction of sp³-hybridized carbons (Fsp3) is 0.500. The Morgan fingerprint density at radius 2 is 2.00 bits per heavy atom. The highest BCUT2D eigenvalue weighted by molar-refractivity contribution is 5.95. The van der Waals surface area contributed by atoms with E-state index in [0.29, 0.717) is 12.8 Å². The fourth-order valence-corrected chi connectivity index (χ4v) is 2.83. The van der Waals surface area contributed by atoms with Crippen LogP contribution < -0.4 is 0 Å². The molecule has 0 N–H and O–H groups in total. The molecule has 20 heavy (non-hydrogen) atoms. The van der Waals surface area contributed by atoms with E-state index in [1.807, 2.05) is 0 Å². The van der Waals surface area contributed by atoms with Crippen LogP contribution >= 0.6 is 0 Å². The Bertz CT molecular complexity index is 556. The van der Waals surface area contributed by atoms with Gasteiger partial charge in [0.1, 0.15) is 11.4 Å². The molecule has 0 aliphatic heterocycles. The molecule has 1 fully saturated rings. The first kappa shape index (κ1) is 14.5. The monoisotopic (exact) mass is 274 g/mol. The summed E-state index contributed by atoms with van der Waals surface area (Å²) in [6.45, 7) is 1.78. The van der Waals surface area contributed by atoms with Crippen LogP contribution in [0.3, 0.4) is 0 Å². The van der Waals surface area contributed by atoms with Crippen molar-refractivity contribution in [3.63, 3.8) is 0 Å². The van der Waals surface area contributed by atoms with Crippen LogP contribution in [0, 0.1) is 24.1 Å². The van der Waals surface area contributed by atoms with Crippen LogP contribution in [0.25, 0.3) is 0 Å². The largest absolute Gasteiger partial charge is 0.323 e. The maximum absolute atomic E-state index is 13.9. The summed E-state index contributed by atoms with van der Waals surface area (Å²) in [6.07, 6.45) is 4.28. The SMILES string of the molecule is Cc1ccc(C(=O)N(C)C2(C#N)CCCCC2)c(F)c1. The first-order valence-corrected chi connectivity index (χ1v) is 6.96. The van der Waals surface area contributed by atoms with Crippen molar-refractivity contribution in [3.05, 3.63) is 35.1 Å². The number of benzene rings is 1. The first-order valence-electron chi connectivity index (χ1n) is 6.96. The average molecular weight is 274 g/mol. The smallest absolute Gasteiger partial charge is 0.257 e. The molecule has 0 aromatic heterocycles. The maximum atomic E-state index is 13.9. The van der Waals surface area contributed by atoms with Crippen LogP contribution in [-0.4, -0.2) is 23.4 Å². The van der Waals surface area contributed by atoms with Crippen LogP contribution in [0.5, 0.6) is 0 Å². The van der Waals surface area contributed by atoms with Crippen LogP contribution in [-0.2, 0) is 0 Å². The number of nitrogens with zero attached hydrogens (tertiary/aromatic N) is 2. The molecule has 1 saturated carbocycles. The predicted molar refractivity (Wildman–Crippen MR) is 74.7 cm³/mol. The van der Waals surface area contributed by atoms with Crippen molar-refractivity contribution >= 4 is 5.91 Å². The Morgan fingerprint density at radius 1 is 1.35 bits per heavy atom. The quantitative estimate of drug-likeness (QED) is 0.829. The number of aryl methyl sites for hydroxylation is 1. The summed E-state index contributed by atoms with van der Waals surface area (Å²) >= 11 is 0. The van der Waals surface area contributed by atoms with E-state index in [4.69, 9.17) is 0 Å². The van der Waals surface area contributed by atoms with E-state index in [0.717, 1.165) is 24.8 Å². The fourth-order valence-electron chi connectivity index (χ4n) is 2.83. The second-order valence-electron chi connectivity index (χ2n) is 5.55. The number of carbonyl (C=O) groups is 1. The van der Waals surface area contributed by atoms with Gasteiger partial charge in [0.05, 0.1) is 11.6 Å². The Labute approximate surface area is 119 Å². The minimum Gasteiger partial charge on any atom is -0.323 e. The van der Waals surface area contributed by atoms with Crippen molar-refractivity contribution in [2.75, 3.05) is 7.05 Å². The predicted octanol–water partition coefficient (Wildman–Crippen LogP) is 3.43. The van der Waals surface area contributed by atoms with Gasteiger partial charge in [0.25, 0.3) is 5.91 Å². The molecule has 106 valence electrons. The molecule has 1 amide bonds. The lowest BCUT2D eigenvalue weighted by Gasteiger charge is -2.39. The Balaban J connectivity index is 2.30. The van der Waals surface area contributed by atoms with Gasteiger partial charge in [-0.25, -0.2) is 4.39 Å². The van der Waals surface area contributed by atoms with Gasteiger partial charge in [-0.1, -0.05) is 25.3 Å². The van der Waals surface area contributed by atoms with Crippen molar-refractivity contribution < 1.29 is 9.18 Å². The van der Waals surface area contributed by atoms with Gasteiger partial charge in [-0.3, -0.25) is 4.79 Å². The third-order valence-electron chi connectivity index (χ3n) is 4.19. The molecule has 0 bridgehead atoms. The summed E-state index contributed by atoms with van der Waals surface area (Å²) < 4.78 is 13.9. The van der Waals surface area contributed by atoms with Gasteiger partial charge in [-0.05, 0) is 37.5 Å². The van der Waals surface area contributed by atoms with Crippen molar-refractivity contribution in [3.8, 4) is 6.07 Å². The van der Waals surface area contributed by atoms with Crippen LogP contribution in [0.2, 0.25) is 0 Å². The molecule has 1 aliphatic carbocycles. The van der Waals surface area contributed by atoms with Crippen molar-refractivity contribution in [1.82, 2.24) is 4.90 Å². The third-order valence-corrected chi connectivity index (χ3v) is 4.19. The normalized spacial score (nSPS) is 17.3. The molecular formula is C16H19FN2O. The van der Waals surface area contributed by atoms with Gasteiger partial charge in [0.15, 0.2) is 0 Å². The second kappa shape index (κ2) is 5.62. The van der Waals surface area contributed by atoms with Crippen LogP contribution in [0.15, 0.2) is 18.2 Å². The minimum atomic E-state index is -0.785. The van der Waals surface area contributed by atoms with E-state index in [1.165, 1.54) is 17.0 Å². The molecule has 1 aliphatic rings. The summed E-state index contributed by atoms with van der Waals surface area (Å²) in [7, 11) is 1.61. The highest BCUT2D eigenvalue weighted by Gasteiger charge is 2.39. The van der Waals surface area contributed by atoms with Crippen LogP contribution in [0.1, 0.15) is 48.0 Å². The average Bonchev–Trinajstić information content (AvgIpc) is 2.46. The number of halogens is 1. The van der Waals surface area contributed by atoms with Crippen LogP contribution in [0.4, 0.5) is 4.39 Å². The zero-order valence-corrected chi connectivity index (χ0v) is 11.9. The molecule has 0 spiro atoms. The van der Waals surface area contributed by atoms with Crippen molar-refractivity contribution in [2.45, 2.75) is 44.6 Å². The molecule has 3 nitrogen and oxygen atoms in total. The molecule has 0 atom stereocenters. The molecule has 0 saturated heterocycles. The molecule has 1 aromatic carbocycles. The number of nitriles is 1. The van der Waals surface area contributed by atoms with E-state index in [-0.39, 0.29) is 5.56 Å². The highest BCUT2D eigenvalue weighted by atomic mass is 19.1. The Morgan fingerprint density at radius 3 is 2.55 bits per heavy atom. The first-order chi connectivity index (χ1) is 9.50. The van der Waals surface area contributed by atoms with E-state index >= 15 is 0 Å². The lowest BCUT2D eigenvalue weighted by molar-refractivity contribution is 0.0584. The highest BCUT2D eigenvalue weighted by Crippen LogP contribution is 2.33. The van der Waals surface area contributed by atoms with E-state index in [2.05, 4.69) is 6.07 Å². The van der Waals surface area contributed by atoms with Gasteiger partial charge in [-0.2, -0.15) is 5.26 Å². The number of hydrogen-bond donors (Lipinski definition) is 0. The van der Waals surface area contributed by atoms with Crippen molar-refractivity contribution in [2.24, 2.45) is 0 Å². The maximum Gasteiger partial charge on any atom is 0.257 e. The van der Waals surface area contributed by atoms with E-state index in [9.17, 15) is 14.4 Å². The molecule has 2 rings (SSSR count). The molecule has 1 aromatic rings. The number of rotatable bonds is 2. The summed E-state index contributed by atoms with van der Waals surface area (Å²) in [6, 6.07) is 6.84. The zero-order chi connectivity index (χ0) is 14.8. The number of hydrogen-bond acceptors (Lipinski definition) is 2. The Hall–Kier alpha value is -1.89. The van der Waals surface area contributed by atoms with Gasteiger partial charge in [-0.15, -0.1) is 0 Å². The molecule has 4 heteroatoms.